The summed E-state index contributed by atoms with van der Waals surface area (Å²) in [6, 6.07) is 16.5. The lowest BCUT2D eigenvalue weighted by atomic mass is 10.1. The van der Waals surface area contributed by atoms with E-state index in [-0.39, 0.29) is 24.2 Å². The first-order valence-corrected chi connectivity index (χ1v) is 12.4. The molecular formula is C25H26N2O6S. The third-order valence-corrected chi connectivity index (χ3v) is 7.32. The molecule has 0 N–H and O–H groups in total. The van der Waals surface area contributed by atoms with E-state index in [2.05, 4.69) is 4.90 Å². The standard InChI is InChI=1S/C25H26N2O6S/c1-30-19-3-6-21(7-4-19)34(29)16-20-5-9-23(33-20)25(28)27-12-10-26(11-13-27)15-18-2-8-22-24(14-18)32-17-31-22/h2-9,14H,10-13,15-17H2,1H3. The summed E-state index contributed by atoms with van der Waals surface area (Å²) in [5.74, 6) is 3.16. The van der Waals surface area contributed by atoms with Crippen molar-refractivity contribution >= 4 is 16.7 Å². The molecule has 0 saturated carbocycles. The average molecular weight is 483 g/mol. The zero-order valence-electron chi connectivity index (χ0n) is 18.9. The van der Waals surface area contributed by atoms with Crippen LogP contribution in [0.25, 0.3) is 0 Å². The lowest BCUT2D eigenvalue weighted by molar-refractivity contribution is 0.0596. The highest BCUT2D eigenvalue weighted by molar-refractivity contribution is 7.84. The zero-order chi connectivity index (χ0) is 23.5. The summed E-state index contributed by atoms with van der Waals surface area (Å²) in [5, 5.41) is 0. The predicted molar refractivity (Wildman–Crippen MR) is 126 cm³/mol. The second-order valence-corrected chi connectivity index (χ2v) is 9.64. The van der Waals surface area contributed by atoms with E-state index in [9.17, 15) is 9.00 Å². The van der Waals surface area contributed by atoms with Crippen LogP contribution < -0.4 is 14.2 Å². The van der Waals surface area contributed by atoms with Gasteiger partial charge in [0.2, 0.25) is 6.79 Å². The van der Waals surface area contributed by atoms with Crippen molar-refractivity contribution < 1.29 is 27.6 Å². The molecule has 1 unspecified atom stereocenters. The Labute approximate surface area is 200 Å². The number of fused-ring (bicyclic) bond motifs is 1. The van der Waals surface area contributed by atoms with Crippen LogP contribution in [0.5, 0.6) is 17.2 Å². The van der Waals surface area contributed by atoms with Crippen LogP contribution in [-0.4, -0.2) is 60.0 Å². The van der Waals surface area contributed by atoms with Crippen molar-refractivity contribution in [2.75, 3.05) is 40.1 Å². The SMILES string of the molecule is COc1ccc(S(=O)Cc2ccc(C(=O)N3CCN(Cc4ccc5c(c4)OCO5)CC3)o2)cc1. The molecule has 8 nitrogen and oxygen atoms in total. The zero-order valence-corrected chi connectivity index (χ0v) is 19.7. The van der Waals surface area contributed by atoms with E-state index in [1.165, 1.54) is 0 Å². The summed E-state index contributed by atoms with van der Waals surface area (Å²) in [5.41, 5.74) is 1.16. The molecule has 1 fully saturated rings. The molecule has 0 spiro atoms. The van der Waals surface area contributed by atoms with Gasteiger partial charge in [0.05, 0.1) is 23.7 Å². The first-order valence-electron chi connectivity index (χ1n) is 11.1. The molecule has 5 rings (SSSR count). The third kappa shape index (κ3) is 4.95. The van der Waals surface area contributed by atoms with E-state index < -0.39 is 10.8 Å². The van der Waals surface area contributed by atoms with Crippen LogP contribution in [0.3, 0.4) is 0 Å². The fraction of sp³-hybridized carbons (Fsp3) is 0.320. The van der Waals surface area contributed by atoms with Gasteiger partial charge in [-0.25, -0.2) is 0 Å². The van der Waals surface area contributed by atoms with Crippen LogP contribution >= 0.6 is 0 Å². The van der Waals surface area contributed by atoms with Crippen molar-refractivity contribution in [3.8, 4) is 17.2 Å². The molecule has 1 amide bonds. The monoisotopic (exact) mass is 482 g/mol. The molecule has 0 bridgehead atoms. The molecule has 0 aliphatic carbocycles. The van der Waals surface area contributed by atoms with Crippen LogP contribution in [-0.2, 0) is 23.1 Å². The van der Waals surface area contributed by atoms with Gasteiger partial charge in [0.25, 0.3) is 5.91 Å². The van der Waals surface area contributed by atoms with Crippen molar-refractivity contribution in [3.63, 3.8) is 0 Å². The fourth-order valence-corrected chi connectivity index (χ4v) is 5.09. The number of nitrogens with zero attached hydrogens (tertiary/aromatic N) is 2. The first-order chi connectivity index (χ1) is 16.6. The van der Waals surface area contributed by atoms with Gasteiger partial charge >= 0.3 is 0 Å². The first kappa shape index (κ1) is 22.5. The summed E-state index contributed by atoms with van der Waals surface area (Å²) < 4.78 is 34.4. The normalized spacial score (nSPS) is 16.4. The van der Waals surface area contributed by atoms with Gasteiger partial charge in [-0.1, -0.05) is 6.07 Å². The molecule has 34 heavy (non-hydrogen) atoms. The Morgan fingerprint density at radius 2 is 1.74 bits per heavy atom. The predicted octanol–water partition coefficient (Wildman–Crippen LogP) is 3.28. The van der Waals surface area contributed by atoms with Crippen LogP contribution in [0.2, 0.25) is 0 Å². The van der Waals surface area contributed by atoms with E-state index in [0.29, 0.717) is 29.5 Å². The van der Waals surface area contributed by atoms with E-state index in [0.717, 1.165) is 36.7 Å². The fourth-order valence-electron chi connectivity index (χ4n) is 4.07. The minimum absolute atomic E-state index is 0.135. The Hall–Kier alpha value is -3.30. The molecule has 3 heterocycles. The van der Waals surface area contributed by atoms with Gasteiger partial charge in [0, 0.05) is 37.6 Å². The second kappa shape index (κ2) is 9.90. The van der Waals surface area contributed by atoms with Crippen molar-refractivity contribution in [1.29, 1.82) is 0 Å². The van der Waals surface area contributed by atoms with Crippen molar-refractivity contribution in [2.24, 2.45) is 0 Å². The molecule has 9 heteroatoms. The van der Waals surface area contributed by atoms with Crippen molar-refractivity contribution in [1.82, 2.24) is 9.80 Å². The number of carbonyl (C=O) groups is 1. The van der Waals surface area contributed by atoms with Gasteiger partial charge in [0.1, 0.15) is 11.5 Å². The van der Waals surface area contributed by atoms with Gasteiger partial charge in [-0.3, -0.25) is 13.9 Å². The largest absolute Gasteiger partial charge is 0.497 e. The quantitative estimate of drug-likeness (QED) is 0.511. The summed E-state index contributed by atoms with van der Waals surface area (Å²) in [6.45, 7) is 3.85. The highest BCUT2D eigenvalue weighted by Crippen LogP contribution is 2.33. The molecule has 1 aromatic heterocycles. The molecule has 2 aliphatic heterocycles. The maximum absolute atomic E-state index is 12.9. The summed E-state index contributed by atoms with van der Waals surface area (Å²) in [6.07, 6.45) is 0. The maximum atomic E-state index is 12.9. The second-order valence-electron chi connectivity index (χ2n) is 8.19. The third-order valence-electron chi connectivity index (χ3n) is 5.97. The number of piperazine rings is 1. The highest BCUT2D eigenvalue weighted by Gasteiger charge is 2.25. The van der Waals surface area contributed by atoms with E-state index in [1.54, 1.807) is 48.4 Å². The molecular weight excluding hydrogens is 456 g/mol. The summed E-state index contributed by atoms with van der Waals surface area (Å²) in [4.78, 5) is 17.7. The average Bonchev–Trinajstić information content (AvgIpc) is 3.53. The topological polar surface area (TPSA) is 81.5 Å². The van der Waals surface area contributed by atoms with Crippen molar-refractivity contribution in [2.45, 2.75) is 17.2 Å². The minimum Gasteiger partial charge on any atom is -0.497 e. The van der Waals surface area contributed by atoms with Crippen LogP contribution in [0.15, 0.2) is 63.9 Å². The van der Waals surface area contributed by atoms with Gasteiger partial charge < -0.3 is 23.5 Å². The number of carbonyl (C=O) groups excluding carboxylic acids is 1. The number of ether oxygens (including phenoxy) is 3. The number of furan rings is 1. The van der Waals surface area contributed by atoms with Crippen LogP contribution in [0, 0.1) is 0 Å². The van der Waals surface area contributed by atoms with Gasteiger partial charge in [-0.05, 0) is 54.1 Å². The Morgan fingerprint density at radius 3 is 2.50 bits per heavy atom. The Kier molecular flexibility index (Phi) is 6.55. The number of hydrogen-bond donors (Lipinski definition) is 0. The van der Waals surface area contributed by atoms with Gasteiger partial charge in [0.15, 0.2) is 17.3 Å². The number of rotatable bonds is 7. The van der Waals surface area contributed by atoms with Gasteiger partial charge in [-0.15, -0.1) is 0 Å². The number of methoxy groups -OCH3 is 1. The van der Waals surface area contributed by atoms with Crippen LogP contribution in [0.1, 0.15) is 21.9 Å². The van der Waals surface area contributed by atoms with Crippen LogP contribution in [0.4, 0.5) is 0 Å². The molecule has 1 saturated heterocycles. The maximum Gasteiger partial charge on any atom is 0.289 e. The lowest BCUT2D eigenvalue weighted by Gasteiger charge is -2.34. The molecule has 3 aromatic rings. The van der Waals surface area contributed by atoms with E-state index >= 15 is 0 Å². The Bertz CT molecular complexity index is 1180. The minimum atomic E-state index is -1.27. The Morgan fingerprint density at radius 1 is 0.971 bits per heavy atom. The highest BCUT2D eigenvalue weighted by atomic mass is 32.2. The molecule has 1 atom stereocenters. The molecule has 0 radical (unpaired) electrons. The summed E-state index contributed by atoms with van der Waals surface area (Å²) in [7, 11) is 0.319. The number of hydrogen-bond acceptors (Lipinski definition) is 7. The van der Waals surface area contributed by atoms with Crippen molar-refractivity contribution in [3.05, 3.63) is 71.7 Å². The molecule has 2 aromatic carbocycles. The van der Waals surface area contributed by atoms with E-state index in [1.807, 2.05) is 18.2 Å². The van der Waals surface area contributed by atoms with E-state index in [4.69, 9.17) is 18.6 Å². The number of amides is 1. The smallest absolute Gasteiger partial charge is 0.289 e. The number of benzene rings is 2. The van der Waals surface area contributed by atoms with Gasteiger partial charge in [-0.2, -0.15) is 0 Å². The molecule has 178 valence electrons. The molecule has 2 aliphatic rings. The Balaban J connectivity index is 1.13. The lowest BCUT2D eigenvalue weighted by Crippen LogP contribution is -2.48. The summed E-state index contributed by atoms with van der Waals surface area (Å²) >= 11 is 0.